The molecule has 0 saturated heterocycles. The minimum atomic E-state index is -0.310. The Kier molecular flexibility index (Phi) is 4.21. The zero-order valence-corrected chi connectivity index (χ0v) is 19.6. The smallest absolute Gasteiger partial charge is 0.262 e. The van der Waals surface area contributed by atoms with Crippen molar-refractivity contribution in [1.29, 1.82) is 0 Å². The Morgan fingerprint density at radius 1 is 0.722 bits per heavy atom. The Labute approximate surface area is 205 Å². The molecule has 6 aromatic rings. The number of aromatic amines is 2. The summed E-state index contributed by atoms with van der Waals surface area (Å²) >= 11 is 0. The summed E-state index contributed by atoms with van der Waals surface area (Å²) in [6.45, 7) is 0.0905. The van der Waals surface area contributed by atoms with Crippen LogP contribution in [0.4, 0.5) is 0 Å². The summed E-state index contributed by atoms with van der Waals surface area (Å²) in [6.07, 6.45) is 0. The molecule has 2 amide bonds. The summed E-state index contributed by atoms with van der Waals surface area (Å²) in [5, 5.41) is 3.35. The number of hydrogen-bond donors (Lipinski definition) is 2. The van der Waals surface area contributed by atoms with E-state index in [4.69, 9.17) is 9.47 Å². The number of ether oxygens (including phenoxy) is 2. The van der Waals surface area contributed by atoms with Crippen molar-refractivity contribution in [2.75, 3.05) is 14.2 Å². The Hall–Kier alpha value is -4.78. The summed E-state index contributed by atoms with van der Waals surface area (Å²) in [6, 6.07) is 21.1. The van der Waals surface area contributed by atoms with Crippen molar-refractivity contribution in [2.24, 2.45) is 0 Å². The van der Waals surface area contributed by atoms with E-state index in [0.717, 1.165) is 49.2 Å². The maximum Gasteiger partial charge on any atom is 0.262 e. The fraction of sp³-hybridized carbons (Fsp3) is 0.103. The molecule has 0 atom stereocenters. The van der Waals surface area contributed by atoms with Crippen LogP contribution < -0.4 is 9.47 Å². The number of nitrogens with one attached hydrogen (secondary N) is 2. The molecule has 0 saturated carbocycles. The van der Waals surface area contributed by atoms with E-state index in [1.54, 1.807) is 26.4 Å². The first-order valence-electron chi connectivity index (χ1n) is 11.6. The first kappa shape index (κ1) is 20.6. The Morgan fingerprint density at radius 2 is 1.28 bits per heavy atom. The van der Waals surface area contributed by atoms with E-state index in [2.05, 4.69) is 9.97 Å². The van der Waals surface area contributed by atoms with Crippen molar-refractivity contribution in [2.45, 2.75) is 6.54 Å². The third kappa shape index (κ3) is 2.62. The molecule has 36 heavy (non-hydrogen) atoms. The number of aromatic nitrogens is 2. The normalized spacial score (nSPS) is 13.4. The molecule has 2 N–H and O–H groups in total. The van der Waals surface area contributed by atoms with Gasteiger partial charge in [-0.2, -0.15) is 0 Å². The predicted octanol–water partition coefficient (Wildman–Crippen LogP) is 5.77. The van der Waals surface area contributed by atoms with Gasteiger partial charge < -0.3 is 19.4 Å². The van der Waals surface area contributed by atoms with E-state index >= 15 is 0 Å². The van der Waals surface area contributed by atoms with Gasteiger partial charge in [0.1, 0.15) is 11.5 Å². The second-order valence-corrected chi connectivity index (χ2v) is 8.97. The van der Waals surface area contributed by atoms with Crippen molar-refractivity contribution >= 4 is 55.4 Å². The van der Waals surface area contributed by atoms with Gasteiger partial charge in [0.25, 0.3) is 11.8 Å². The molecule has 0 fully saturated rings. The number of benzene rings is 4. The molecule has 0 radical (unpaired) electrons. The van der Waals surface area contributed by atoms with Crippen LogP contribution in [0.1, 0.15) is 26.3 Å². The van der Waals surface area contributed by atoms with Gasteiger partial charge in [-0.3, -0.25) is 14.5 Å². The molecule has 0 spiro atoms. The van der Waals surface area contributed by atoms with Crippen molar-refractivity contribution in [1.82, 2.24) is 14.9 Å². The summed E-state index contributed by atoms with van der Waals surface area (Å²) in [5.74, 6) is 0.573. The van der Waals surface area contributed by atoms with Gasteiger partial charge in [-0.25, -0.2) is 0 Å². The summed E-state index contributed by atoms with van der Waals surface area (Å²) in [4.78, 5) is 36.3. The zero-order chi connectivity index (χ0) is 24.6. The molecule has 7 heteroatoms. The van der Waals surface area contributed by atoms with Crippen LogP contribution >= 0.6 is 0 Å². The Morgan fingerprint density at radius 3 is 1.81 bits per heavy atom. The average molecular weight is 476 g/mol. The number of carbonyl (C=O) groups is 2. The third-order valence-electron chi connectivity index (χ3n) is 7.15. The van der Waals surface area contributed by atoms with E-state index in [-0.39, 0.29) is 18.4 Å². The minimum absolute atomic E-state index is 0.0905. The Balaban J connectivity index is 1.52. The van der Waals surface area contributed by atoms with Crippen molar-refractivity contribution in [3.8, 4) is 11.5 Å². The molecule has 1 aliphatic heterocycles. The maximum absolute atomic E-state index is 14.0. The first-order valence-corrected chi connectivity index (χ1v) is 11.6. The molecule has 7 rings (SSSR count). The number of amides is 2. The lowest BCUT2D eigenvalue weighted by atomic mass is 9.97. The summed E-state index contributed by atoms with van der Waals surface area (Å²) in [5.41, 5.74) is 5.08. The number of imide groups is 1. The first-order chi connectivity index (χ1) is 17.6. The van der Waals surface area contributed by atoms with Gasteiger partial charge in [0.2, 0.25) is 0 Å². The number of H-pyrrole nitrogens is 2. The lowest BCUT2D eigenvalue weighted by Gasteiger charge is -2.17. The number of carbonyl (C=O) groups excluding carboxylic acids is 2. The van der Waals surface area contributed by atoms with Crippen LogP contribution in [0.5, 0.6) is 11.5 Å². The molecular formula is C29H21N3O4. The second kappa shape index (κ2) is 7.36. The molecule has 2 aromatic heterocycles. The largest absolute Gasteiger partial charge is 0.497 e. The molecule has 7 nitrogen and oxygen atoms in total. The quantitative estimate of drug-likeness (QED) is 0.317. The lowest BCUT2D eigenvalue weighted by molar-refractivity contribution is 0.0642. The Bertz CT molecular complexity index is 1790. The van der Waals surface area contributed by atoms with Crippen molar-refractivity contribution in [3.05, 3.63) is 83.4 Å². The number of fused-ring (bicyclic) bond motifs is 10. The molecule has 4 aromatic carbocycles. The number of nitrogens with zero attached hydrogens (tertiary/aromatic N) is 1. The van der Waals surface area contributed by atoms with Crippen LogP contribution in [0.25, 0.3) is 43.6 Å². The second-order valence-electron chi connectivity index (χ2n) is 8.97. The standard InChI is InChI=1S/C29H21N3O4/c1-35-16-12-11-15(21(13-16)36-2)14-32-28(33)24-22-17-7-3-5-9-19(17)30-26(22)27-23(25(24)29(32)34)18-8-4-6-10-20(18)31-27/h3-13,30-31H,14H2,1-2H3. The van der Waals surface area contributed by atoms with Gasteiger partial charge in [-0.05, 0) is 24.3 Å². The lowest BCUT2D eigenvalue weighted by Crippen LogP contribution is -2.29. The molecule has 1 aliphatic rings. The molecule has 3 heterocycles. The van der Waals surface area contributed by atoms with E-state index in [1.807, 2.05) is 54.6 Å². The van der Waals surface area contributed by atoms with E-state index in [0.29, 0.717) is 22.6 Å². The van der Waals surface area contributed by atoms with Gasteiger partial charge >= 0.3 is 0 Å². The fourth-order valence-corrected chi connectivity index (χ4v) is 5.51. The highest BCUT2D eigenvalue weighted by atomic mass is 16.5. The van der Waals surface area contributed by atoms with Gasteiger partial charge in [-0.1, -0.05) is 36.4 Å². The zero-order valence-electron chi connectivity index (χ0n) is 19.6. The molecule has 0 aliphatic carbocycles. The topological polar surface area (TPSA) is 87.4 Å². The average Bonchev–Trinajstić information content (AvgIpc) is 3.55. The number of hydrogen-bond acceptors (Lipinski definition) is 4. The van der Waals surface area contributed by atoms with E-state index in [9.17, 15) is 9.59 Å². The third-order valence-corrected chi connectivity index (χ3v) is 7.15. The number of rotatable bonds is 4. The maximum atomic E-state index is 14.0. The monoisotopic (exact) mass is 475 g/mol. The van der Waals surface area contributed by atoms with Crippen LogP contribution in [-0.4, -0.2) is 40.9 Å². The van der Waals surface area contributed by atoms with Gasteiger partial charge in [0, 0.05) is 44.2 Å². The van der Waals surface area contributed by atoms with Crippen LogP contribution in [0.3, 0.4) is 0 Å². The number of methoxy groups -OCH3 is 2. The fourth-order valence-electron chi connectivity index (χ4n) is 5.51. The van der Waals surface area contributed by atoms with Crippen molar-refractivity contribution < 1.29 is 19.1 Å². The van der Waals surface area contributed by atoms with Crippen molar-refractivity contribution in [3.63, 3.8) is 0 Å². The SMILES string of the molecule is COc1ccc(CN2C(=O)c3c(c4c5ccccc5[nH]c4c4[nH]c5ccccc5c34)C2=O)c(OC)c1. The minimum Gasteiger partial charge on any atom is -0.497 e. The highest BCUT2D eigenvalue weighted by molar-refractivity contribution is 6.39. The molecule has 0 bridgehead atoms. The van der Waals surface area contributed by atoms with Crippen LogP contribution in [0.2, 0.25) is 0 Å². The van der Waals surface area contributed by atoms with Gasteiger partial charge in [0.15, 0.2) is 0 Å². The highest BCUT2D eigenvalue weighted by Gasteiger charge is 2.41. The van der Waals surface area contributed by atoms with E-state index in [1.165, 1.54) is 4.90 Å². The summed E-state index contributed by atoms with van der Waals surface area (Å²) < 4.78 is 10.8. The number of para-hydroxylation sites is 2. The van der Waals surface area contributed by atoms with Crippen LogP contribution in [-0.2, 0) is 6.54 Å². The van der Waals surface area contributed by atoms with Gasteiger partial charge in [0.05, 0.1) is 42.9 Å². The molecule has 0 unspecified atom stereocenters. The molecule has 176 valence electrons. The van der Waals surface area contributed by atoms with Crippen LogP contribution in [0, 0.1) is 0 Å². The summed E-state index contributed by atoms with van der Waals surface area (Å²) in [7, 11) is 3.14. The van der Waals surface area contributed by atoms with Gasteiger partial charge in [-0.15, -0.1) is 0 Å². The highest BCUT2D eigenvalue weighted by Crippen LogP contribution is 2.44. The van der Waals surface area contributed by atoms with Crippen LogP contribution in [0.15, 0.2) is 66.7 Å². The van der Waals surface area contributed by atoms with E-state index < -0.39 is 0 Å². The predicted molar refractivity (Wildman–Crippen MR) is 139 cm³/mol. The molecular weight excluding hydrogens is 454 g/mol.